The van der Waals surface area contributed by atoms with Gasteiger partial charge in [-0.05, 0) is 51.0 Å². The lowest BCUT2D eigenvalue weighted by Gasteiger charge is -2.13. The number of rotatable bonds is 7. The average Bonchev–Trinajstić information content (AvgIpc) is 3.48. The van der Waals surface area contributed by atoms with E-state index in [1.54, 1.807) is 30.3 Å². The van der Waals surface area contributed by atoms with Gasteiger partial charge >= 0.3 is 17.5 Å². The Morgan fingerprint density at radius 3 is 2.65 bits per heavy atom. The first kappa shape index (κ1) is 20.7. The third-order valence-electron chi connectivity index (χ3n) is 5.14. The molecule has 1 saturated heterocycles. The smallest absolute Gasteiger partial charge is 0.348 e. The maximum atomic E-state index is 12.5. The Bertz CT molecular complexity index is 1180. The number of para-hydroxylation sites is 1. The van der Waals surface area contributed by atoms with E-state index in [-0.39, 0.29) is 17.4 Å². The minimum absolute atomic E-state index is 0.160. The highest BCUT2D eigenvalue weighted by molar-refractivity contribution is 5.89. The van der Waals surface area contributed by atoms with Crippen LogP contribution in [-0.2, 0) is 7.05 Å². The van der Waals surface area contributed by atoms with Crippen LogP contribution >= 0.6 is 0 Å². The quantitative estimate of drug-likeness (QED) is 0.532. The first-order chi connectivity index (χ1) is 15.0. The van der Waals surface area contributed by atoms with Crippen LogP contribution in [0.4, 0.5) is 0 Å². The summed E-state index contributed by atoms with van der Waals surface area (Å²) in [5.41, 5.74) is -1.01. The van der Waals surface area contributed by atoms with Crippen LogP contribution in [0.1, 0.15) is 29.9 Å². The van der Waals surface area contributed by atoms with Crippen molar-refractivity contribution in [2.45, 2.75) is 19.3 Å². The molecular formula is C20H23N7O4. The first-order valence-electron chi connectivity index (χ1n) is 10.1. The van der Waals surface area contributed by atoms with Gasteiger partial charge in [0.1, 0.15) is 0 Å². The van der Waals surface area contributed by atoms with Crippen molar-refractivity contribution in [2.24, 2.45) is 7.05 Å². The van der Waals surface area contributed by atoms with Crippen LogP contribution in [0.3, 0.4) is 0 Å². The van der Waals surface area contributed by atoms with E-state index < -0.39 is 17.2 Å². The molecule has 1 N–H and O–H groups in total. The average molecular weight is 425 g/mol. The molecule has 4 rings (SSSR count). The summed E-state index contributed by atoms with van der Waals surface area (Å²) in [7, 11) is 1.34. The molecule has 0 atom stereocenters. The van der Waals surface area contributed by atoms with Crippen LogP contribution in [0.15, 0.2) is 44.4 Å². The van der Waals surface area contributed by atoms with Gasteiger partial charge in [0.15, 0.2) is 5.69 Å². The lowest BCUT2D eigenvalue weighted by Crippen LogP contribution is -2.40. The van der Waals surface area contributed by atoms with Gasteiger partial charge in [-0.3, -0.25) is 14.2 Å². The number of carbonyl (C=O) groups excluding carboxylic acids is 1. The van der Waals surface area contributed by atoms with Gasteiger partial charge < -0.3 is 14.7 Å². The van der Waals surface area contributed by atoms with Crippen molar-refractivity contribution in [2.75, 3.05) is 26.2 Å². The molecule has 1 fully saturated rings. The number of nitrogens with zero attached hydrogens (tertiary/aromatic N) is 6. The summed E-state index contributed by atoms with van der Waals surface area (Å²) in [5, 5.41) is 10.6. The monoisotopic (exact) mass is 425 g/mol. The normalized spacial score (nSPS) is 14.1. The molecule has 1 aliphatic rings. The fraction of sp³-hybridized carbons (Fsp3) is 0.400. The summed E-state index contributed by atoms with van der Waals surface area (Å²) in [4.78, 5) is 43.7. The largest absolute Gasteiger partial charge is 0.351 e. The van der Waals surface area contributed by atoms with Crippen molar-refractivity contribution in [1.29, 1.82) is 0 Å². The summed E-state index contributed by atoms with van der Waals surface area (Å²) in [6.07, 6.45) is 3.27. The zero-order chi connectivity index (χ0) is 21.8. The molecule has 0 bridgehead atoms. The molecule has 0 radical (unpaired) electrons. The SMILES string of the molecule is Cn1c(=O)c(-c2noc(C(=O)NCCCN3CCCC3)n2)nn(-c2ccccc2)c1=O. The molecule has 162 valence electrons. The molecule has 3 heterocycles. The van der Waals surface area contributed by atoms with Gasteiger partial charge in [0.25, 0.3) is 5.56 Å². The van der Waals surface area contributed by atoms with E-state index in [2.05, 4.69) is 25.5 Å². The van der Waals surface area contributed by atoms with Gasteiger partial charge in [0.2, 0.25) is 5.82 Å². The standard InChI is InChI=1S/C20H23N7O4/c1-25-19(29)15(23-27(20(25)30)14-8-3-2-4-9-14)16-22-18(31-24-16)17(28)21-10-7-13-26-11-5-6-12-26/h2-4,8-9H,5-7,10-13H2,1H3,(H,21,28). The van der Waals surface area contributed by atoms with Gasteiger partial charge in [-0.2, -0.15) is 14.8 Å². The van der Waals surface area contributed by atoms with Crippen LogP contribution in [-0.4, -0.2) is 61.5 Å². The van der Waals surface area contributed by atoms with Crippen LogP contribution in [0.25, 0.3) is 17.2 Å². The predicted molar refractivity (Wildman–Crippen MR) is 111 cm³/mol. The Labute approximate surface area is 177 Å². The Morgan fingerprint density at radius 1 is 1.16 bits per heavy atom. The topological polar surface area (TPSA) is 128 Å². The maximum absolute atomic E-state index is 12.5. The molecule has 11 heteroatoms. The molecule has 0 saturated carbocycles. The molecule has 1 aliphatic heterocycles. The molecule has 0 unspecified atom stereocenters. The van der Waals surface area contributed by atoms with E-state index >= 15 is 0 Å². The summed E-state index contributed by atoms with van der Waals surface area (Å²) in [6.45, 7) is 3.62. The fourth-order valence-corrected chi connectivity index (χ4v) is 3.45. The molecule has 0 aliphatic carbocycles. The van der Waals surface area contributed by atoms with E-state index in [0.29, 0.717) is 12.2 Å². The van der Waals surface area contributed by atoms with E-state index in [4.69, 9.17) is 4.52 Å². The summed E-state index contributed by atoms with van der Waals surface area (Å²) >= 11 is 0. The maximum Gasteiger partial charge on any atom is 0.351 e. The summed E-state index contributed by atoms with van der Waals surface area (Å²) in [6, 6.07) is 8.65. The summed E-state index contributed by atoms with van der Waals surface area (Å²) in [5.74, 6) is -0.946. The fourth-order valence-electron chi connectivity index (χ4n) is 3.45. The van der Waals surface area contributed by atoms with Crippen molar-refractivity contribution < 1.29 is 9.32 Å². The minimum Gasteiger partial charge on any atom is -0.348 e. The molecule has 1 aromatic carbocycles. The van der Waals surface area contributed by atoms with Gasteiger partial charge in [0.05, 0.1) is 5.69 Å². The van der Waals surface area contributed by atoms with E-state index in [9.17, 15) is 14.4 Å². The van der Waals surface area contributed by atoms with Crippen LogP contribution in [0.5, 0.6) is 0 Å². The lowest BCUT2D eigenvalue weighted by atomic mass is 10.3. The Balaban J connectivity index is 1.50. The highest BCUT2D eigenvalue weighted by Crippen LogP contribution is 2.10. The third kappa shape index (κ3) is 4.45. The Morgan fingerprint density at radius 2 is 1.90 bits per heavy atom. The zero-order valence-electron chi connectivity index (χ0n) is 17.2. The number of aromatic nitrogens is 5. The van der Waals surface area contributed by atoms with Crippen LogP contribution in [0, 0.1) is 0 Å². The third-order valence-corrected chi connectivity index (χ3v) is 5.14. The Kier molecular flexibility index (Phi) is 6.03. The second kappa shape index (κ2) is 9.04. The van der Waals surface area contributed by atoms with Crippen molar-refractivity contribution in [1.82, 2.24) is 34.7 Å². The van der Waals surface area contributed by atoms with Crippen LogP contribution < -0.4 is 16.6 Å². The molecule has 31 heavy (non-hydrogen) atoms. The van der Waals surface area contributed by atoms with Gasteiger partial charge in [0, 0.05) is 13.6 Å². The van der Waals surface area contributed by atoms with Gasteiger partial charge in [-0.15, -0.1) is 0 Å². The van der Waals surface area contributed by atoms with E-state index in [1.807, 2.05) is 0 Å². The van der Waals surface area contributed by atoms with Crippen molar-refractivity contribution in [3.05, 3.63) is 57.1 Å². The molecular weight excluding hydrogens is 402 g/mol. The molecule has 11 nitrogen and oxygen atoms in total. The number of likely N-dealkylation sites (tertiary alicyclic amines) is 1. The van der Waals surface area contributed by atoms with E-state index in [1.165, 1.54) is 19.9 Å². The minimum atomic E-state index is -0.685. The molecule has 1 amide bonds. The second-order valence-electron chi connectivity index (χ2n) is 7.32. The highest BCUT2D eigenvalue weighted by atomic mass is 16.5. The lowest BCUT2D eigenvalue weighted by molar-refractivity contribution is 0.0908. The number of hydrogen-bond donors (Lipinski definition) is 1. The molecule has 3 aromatic rings. The van der Waals surface area contributed by atoms with Crippen molar-refractivity contribution in [3.63, 3.8) is 0 Å². The van der Waals surface area contributed by atoms with E-state index in [0.717, 1.165) is 35.3 Å². The first-order valence-corrected chi connectivity index (χ1v) is 10.1. The number of amides is 1. The Hall–Kier alpha value is -3.60. The summed E-state index contributed by atoms with van der Waals surface area (Å²) < 4.78 is 7.00. The number of carbonyl (C=O) groups is 1. The predicted octanol–water partition coefficient (Wildman–Crippen LogP) is 0.197. The van der Waals surface area contributed by atoms with Crippen molar-refractivity contribution in [3.8, 4) is 17.2 Å². The van der Waals surface area contributed by atoms with Gasteiger partial charge in [-0.25, -0.2) is 4.79 Å². The molecule has 0 spiro atoms. The number of hydrogen-bond acceptors (Lipinski definition) is 8. The zero-order valence-corrected chi connectivity index (χ0v) is 17.2. The molecule has 2 aromatic heterocycles. The number of benzene rings is 1. The number of nitrogens with one attached hydrogen (secondary N) is 1. The van der Waals surface area contributed by atoms with Crippen LogP contribution in [0.2, 0.25) is 0 Å². The van der Waals surface area contributed by atoms with Gasteiger partial charge in [-0.1, -0.05) is 23.4 Å². The van der Waals surface area contributed by atoms with Crippen molar-refractivity contribution >= 4 is 5.91 Å². The highest BCUT2D eigenvalue weighted by Gasteiger charge is 2.21. The second-order valence-corrected chi connectivity index (χ2v) is 7.32.